The number of benzene rings is 1. The van der Waals surface area contributed by atoms with Gasteiger partial charge in [-0.2, -0.15) is 9.83 Å². The van der Waals surface area contributed by atoms with Crippen molar-refractivity contribution < 1.29 is 14.2 Å². The molecule has 0 spiro atoms. The molecule has 0 unspecified atom stereocenters. The summed E-state index contributed by atoms with van der Waals surface area (Å²) >= 11 is 0. The minimum atomic E-state index is -0.484. The van der Waals surface area contributed by atoms with Crippen LogP contribution >= 0.6 is 0 Å². The van der Waals surface area contributed by atoms with Gasteiger partial charge in [-0.15, -0.1) is 0 Å². The van der Waals surface area contributed by atoms with Gasteiger partial charge < -0.3 is 4.40 Å². The summed E-state index contributed by atoms with van der Waals surface area (Å²) < 4.78 is 3.37. The number of carbonyl (C=O) groups is 2. The van der Waals surface area contributed by atoms with Crippen molar-refractivity contribution in [3.8, 4) is 6.07 Å². The van der Waals surface area contributed by atoms with Crippen molar-refractivity contribution in [2.24, 2.45) is 0 Å². The molecule has 7 nitrogen and oxygen atoms in total. The molecule has 0 aliphatic carbocycles. The number of nitrogens with one attached hydrogen (secondary N) is 2. The van der Waals surface area contributed by atoms with Crippen LogP contribution in [0.3, 0.4) is 0 Å². The van der Waals surface area contributed by atoms with E-state index in [0.29, 0.717) is 16.8 Å². The summed E-state index contributed by atoms with van der Waals surface area (Å²) in [5, 5.41) is 11.2. The molecular formula is C21H16N5O2+. The van der Waals surface area contributed by atoms with Crippen molar-refractivity contribution in [3.63, 3.8) is 0 Å². The Labute approximate surface area is 160 Å². The maximum absolute atomic E-state index is 12.7. The van der Waals surface area contributed by atoms with Gasteiger partial charge in [-0.25, -0.2) is 0 Å². The number of hydrogen-bond donors (Lipinski definition) is 2. The molecule has 0 radical (unpaired) electrons. The Bertz CT molecular complexity index is 1240. The molecule has 0 aliphatic heterocycles. The van der Waals surface area contributed by atoms with Gasteiger partial charge >= 0.3 is 5.91 Å². The second-order valence-electron chi connectivity index (χ2n) is 6.23. The smallest absolute Gasteiger partial charge is 0.304 e. The van der Waals surface area contributed by atoms with Crippen LogP contribution in [0.2, 0.25) is 0 Å². The fourth-order valence-corrected chi connectivity index (χ4v) is 3.17. The number of aromatic nitrogens is 2. The first-order valence-electron chi connectivity index (χ1n) is 8.63. The van der Waals surface area contributed by atoms with Crippen LogP contribution < -0.4 is 15.4 Å². The van der Waals surface area contributed by atoms with E-state index in [-0.39, 0.29) is 12.5 Å². The summed E-state index contributed by atoms with van der Waals surface area (Å²) in [6.45, 7) is 0.0734. The van der Waals surface area contributed by atoms with E-state index >= 15 is 0 Å². The minimum Gasteiger partial charge on any atom is -0.307 e. The molecule has 2 N–H and O–H groups in total. The number of nitriles is 1. The molecule has 0 aliphatic rings. The van der Waals surface area contributed by atoms with Crippen molar-refractivity contribution in [2.75, 3.05) is 0 Å². The van der Waals surface area contributed by atoms with Crippen LogP contribution in [0.1, 0.15) is 16.1 Å². The van der Waals surface area contributed by atoms with E-state index in [9.17, 15) is 14.9 Å². The first kappa shape index (κ1) is 17.2. The van der Waals surface area contributed by atoms with Crippen LogP contribution in [0.4, 0.5) is 0 Å². The number of fused-ring (bicyclic) bond motifs is 3. The van der Waals surface area contributed by atoms with Crippen LogP contribution in [-0.2, 0) is 11.3 Å². The minimum absolute atomic E-state index is 0.0734. The Morgan fingerprint density at radius 1 is 1.04 bits per heavy atom. The summed E-state index contributed by atoms with van der Waals surface area (Å²) in [4.78, 5) is 24.8. The van der Waals surface area contributed by atoms with Gasteiger partial charge in [0.15, 0.2) is 12.4 Å². The zero-order valence-corrected chi connectivity index (χ0v) is 14.8. The first-order valence-corrected chi connectivity index (χ1v) is 8.63. The molecule has 4 aromatic rings. The number of rotatable bonds is 3. The van der Waals surface area contributed by atoms with E-state index in [1.807, 2.05) is 48.5 Å². The van der Waals surface area contributed by atoms with Gasteiger partial charge in [0.25, 0.3) is 5.91 Å². The Morgan fingerprint density at radius 3 is 2.61 bits per heavy atom. The predicted molar refractivity (Wildman–Crippen MR) is 102 cm³/mol. The average molecular weight is 370 g/mol. The molecule has 0 bridgehead atoms. The lowest BCUT2D eigenvalue weighted by Gasteiger charge is -2.07. The summed E-state index contributed by atoms with van der Waals surface area (Å²) in [6.07, 6.45) is 5.28. The van der Waals surface area contributed by atoms with Crippen LogP contribution in [0, 0.1) is 11.3 Å². The zero-order valence-electron chi connectivity index (χ0n) is 14.8. The highest BCUT2D eigenvalue weighted by Gasteiger charge is 2.18. The van der Waals surface area contributed by atoms with E-state index < -0.39 is 5.91 Å². The van der Waals surface area contributed by atoms with Crippen molar-refractivity contribution in [2.45, 2.75) is 6.54 Å². The molecule has 0 fully saturated rings. The molecule has 3 aromatic heterocycles. The van der Waals surface area contributed by atoms with E-state index in [1.54, 1.807) is 27.6 Å². The number of nitrogens with zero attached hydrogens (tertiary/aromatic N) is 3. The molecular weight excluding hydrogens is 354 g/mol. The third-order valence-electron chi connectivity index (χ3n) is 4.43. The lowest BCUT2D eigenvalue weighted by atomic mass is 10.1. The third-order valence-corrected chi connectivity index (χ3v) is 4.43. The summed E-state index contributed by atoms with van der Waals surface area (Å²) in [5.74, 6) is -0.847. The maximum Gasteiger partial charge on any atom is 0.304 e. The van der Waals surface area contributed by atoms with Crippen LogP contribution in [0.15, 0.2) is 73.2 Å². The molecule has 0 atom stereocenters. The molecule has 0 saturated carbocycles. The molecule has 4 rings (SSSR count). The Hall–Kier alpha value is -4.18. The molecule has 0 saturated heterocycles. The topological polar surface area (TPSA) is 90.3 Å². The van der Waals surface area contributed by atoms with E-state index in [0.717, 1.165) is 10.8 Å². The average Bonchev–Trinajstić information content (AvgIpc) is 3.12. The van der Waals surface area contributed by atoms with Gasteiger partial charge in [0.2, 0.25) is 6.54 Å². The van der Waals surface area contributed by atoms with Crippen LogP contribution in [0.5, 0.6) is 0 Å². The van der Waals surface area contributed by atoms with Gasteiger partial charge in [0.1, 0.15) is 11.8 Å². The molecule has 3 heterocycles. The van der Waals surface area contributed by atoms with Gasteiger partial charge in [-0.3, -0.25) is 20.4 Å². The lowest BCUT2D eigenvalue weighted by molar-refractivity contribution is -0.684. The highest BCUT2D eigenvalue weighted by atomic mass is 16.2. The highest BCUT2D eigenvalue weighted by molar-refractivity contribution is 6.10. The predicted octanol–water partition coefficient (Wildman–Crippen LogP) is 1.71. The second kappa shape index (κ2) is 7.21. The summed E-state index contributed by atoms with van der Waals surface area (Å²) in [7, 11) is 0. The van der Waals surface area contributed by atoms with Crippen molar-refractivity contribution in [1.29, 1.82) is 5.26 Å². The largest absolute Gasteiger partial charge is 0.307 e. The monoisotopic (exact) mass is 370 g/mol. The molecule has 1 aromatic carbocycles. The number of amides is 2. The number of hydrogen-bond acceptors (Lipinski definition) is 3. The summed E-state index contributed by atoms with van der Waals surface area (Å²) in [5.41, 5.74) is 6.15. The molecule has 7 heteroatoms. The Balaban J connectivity index is 1.61. The number of carbonyl (C=O) groups excluding carboxylic acids is 2. The Kier molecular flexibility index (Phi) is 4.44. The first-order chi connectivity index (χ1) is 13.7. The Morgan fingerprint density at radius 2 is 1.82 bits per heavy atom. The van der Waals surface area contributed by atoms with Gasteiger partial charge in [-0.1, -0.05) is 30.3 Å². The van der Waals surface area contributed by atoms with Crippen molar-refractivity contribution >= 4 is 28.1 Å². The van der Waals surface area contributed by atoms with Crippen LogP contribution in [-0.4, -0.2) is 16.2 Å². The third kappa shape index (κ3) is 3.15. The van der Waals surface area contributed by atoms with Gasteiger partial charge in [0.05, 0.1) is 11.1 Å². The van der Waals surface area contributed by atoms with Crippen molar-refractivity contribution in [3.05, 3.63) is 84.4 Å². The quantitative estimate of drug-likeness (QED) is 0.425. The standard InChI is InChI=1S/C21H15N5O2/c22-13-16-12-18(20-17-7-3-2-6-15(17)8-11-26(16)20)21(28)24-23-19(27)14-25-9-4-1-5-10-25/h1-12H,14H2,(H-,23,24,27,28)/p+1. The highest BCUT2D eigenvalue weighted by Crippen LogP contribution is 2.26. The summed E-state index contributed by atoms with van der Waals surface area (Å²) in [6, 6.07) is 18.6. The van der Waals surface area contributed by atoms with E-state index in [4.69, 9.17) is 0 Å². The van der Waals surface area contributed by atoms with E-state index in [1.165, 1.54) is 6.07 Å². The maximum atomic E-state index is 12.7. The SMILES string of the molecule is N#Cc1cc(C(=O)NNC(=O)C[n+]2ccccc2)c2c3ccccc3ccn12. The number of pyridine rings is 2. The van der Waals surface area contributed by atoms with Crippen LogP contribution in [0.25, 0.3) is 16.3 Å². The molecule has 28 heavy (non-hydrogen) atoms. The molecule has 2 amide bonds. The van der Waals surface area contributed by atoms with Crippen molar-refractivity contribution in [1.82, 2.24) is 15.3 Å². The normalized spacial score (nSPS) is 10.5. The second-order valence-corrected chi connectivity index (χ2v) is 6.23. The fraction of sp³-hybridized carbons (Fsp3) is 0.0476. The fourth-order valence-electron chi connectivity index (χ4n) is 3.17. The van der Waals surface area contributed by atoms with Gasteiger partial charge in [-0.05, 0) is 17.5 Å². The number of hydrazine groups is 1. The van der Waals surface area contributed by atoms with E-state index in [2.05, 4.69) is 16.9 Å². The zero-order chi connectivity index (χ0) is 19.5. The lowest BCUT2D eigenvalue weighted by Crippen LogP contribution is -2.48. The van der Waals surface area contributed by atoms with Gasteiger partial charge in [0, 0.05) is 23.7 Å². The molecule has 136 valence electrons.